The maximum absolute atomic E-state index is 13.5. The molecule has 1 saturated heterocycles. The van der Waals surface area contributed by atoms with E-state index >= 15 is 0 Å². The number of carbonyl (C=O) groups excluding carboxylic acids is 1. The highest BCUT2D eigenvalue weighted by molar-refractivity contribution is 5.95. The molecular formula is C14H19FN2O2. The van der Waals surface area contributed by atoms with Gasteiger partial charge in [0.15, 0.2) is 0 Å². The standard InChI is InChI=1S/C14H19FN2O2/c15-13-5-4-10(16)9-12(13)14(18)17-7-6-11-3-1-2-8-19-11/h4-5,9,11H,1-3,6-8,16H2,(H,17,18). The fraction of sp³-hybridized carbons (Fsp3) is 0.500. The van der Waals surface area contributed by atoms with Crippen LogP contribution in [0.5, 0.6) is 0 Å². The molecule has 0 aliphatic carbocycles. The van der Waals surface area contributed by atoms with Crippen LogP contribution in [0.3, 0.4) is 0 Å². The molecule has 0 radical (unpaired) electrons. The van der Waals surface area contributed by atoms with E-state index in [2.05, 4.69) is 5.32 Å². The molecule has 1 aliphatic rings. The first-order valence-corrected chi connectivity index (χ1v) is 6.61. The molecule has 0 bridgehead atoms. The Morgan fingerprint density at radius 1 is 1.47 bits per heavy atom. The maximum atomic E-state index is 13.5. The number of nitrogen functional groups attached to an aromatic ring is 1. The van der Waals surface area contributed by atoms with Crippen molar-refractivity contribution in [3.8, 4) is 0 Å². The Kier molecular flexibility index (Phi) is 4.74. The number of hydrogen-bond donors (Lipinski definition) is 2. The van der Waals surface area contributed by atoms with Crippen LogP contribution >= 0.6 is 0 Å². The van der Waals surface area contributed by atoms with Crippen molar-refractivity contribution in [1.82, 2.24) is 5.32 Å². The number of hydrogen-bond acceptors (Lipinski definition) is 3. The molecular weight excluding hydrogens is 247 g/mol. The fourth-order valence-corrected chi connectivity index (χ4v) is 2.19. The van der Waals surface area contributed by atoms with E-state index in [-0.39, 0.29) is 11.7 Å². The van der Waals surface area contributed by atoms with Crippen LogP contribution in [0.25, 0.3) is 0 Å². The Morgan fingerprint density at radius 3 is 3.05 bits per heavy atom. The van der Waals surface area contributed by atoms with Crippen molar-refractivity contribution < 1.29 is 13.9 Å². The highest BCUT2D eigenvalue weighted by Crippen LogP contribution is 2.15. The molecule has 4 nitrogen and oxygen atoms in total. The van der Waals surface area contributed by atoms with Crippen LogP contribution in [-0.2, 0) is 4.74 Å². The lowest BCUT2D eigenvalue weighted by Crippen LogP contribution is -2.30. The summed E-state index contributed by atoms with van der Waals surface area (Å²) in [6, 6.07) is 3.98. The van der Waals surface area contributed by atoms with Gasteiger partial charge in [0.05, 0.1) is 11.7 Å². The Labute approximate surface area is 112 Å². The molecule has 1 aromatic rings. The van der Waals surface area contributed by atoms with Gasteiger partial charge in [0, 0.05) is 18.8 Å². The monoisotopic (exact) mass is 266 g/mol. The lowest BCUT2D eigenvalue weighted by atomic mass is 10.1. The fourth-order valence-electron chi connectivity index (χ4n) is 2.19. The quantitative estimate of drug-likeness (QED) is 0.820. The van der Waals surface area contributed by atoms with Gasteiger partial charge in [-0.1, -0.05) is 0 Å². The largest absolute Gasteiger partial charge is 0.399 e. The van der Waals surface area contributed by atoms with Gasteiger partial charge in [-0.3, -0.25) is 4.79 Å². The molecule has 3 N–H and O–H groups in total. The molecule has 1 aliphatic heterocycles. The summed E-state index contributed by atoms with van der Waals surface area (Å²) in [6.07, 6.45) is 4.28. The van der Waals surface area contributed by atoms with Crippen molar-refractivity contribution in [2.45, 2.75) is 31.8 Å². The third-order valence-electron chi connectivity index (χ3n) is 3.26. The Bertz CT molecular complexity index is 445. The first-order valence-electron chi connectivity index (χ1n) is 6.61. The summed E-state index contributed by atoms with van der Waals surface area (Å²) in [6.45, 7) is 1.28. The van der Waals surface area contributed by atoms with E-state index in [4.69, 9.17) is 10.5 Å². The van der Waals surface area contributed by atoms with Crippen molar-refractivity contribution in [3.63, 3.8) is 0 Å². The smallest absolute Gasteiger partial charge is 0.254 e. The predicted molar refractivity (Wildman–Crippen MR) is 71.4 cm³/mol. The second kappa shape index (κ2) is 6.52. The first-order chi connectivity index (χ1) is 9.16. The highest BCUT2D eigenvalue weighted by atomic mass is 19.1. The third-order valence-corrected chi connectivity index (χ3v) is 3.26. The Hall–Kier alpha value is -1.62. The molecule has 0 saturated carbocycles. The number of carbonyl (C=O) groups is 1. The summed E-state index contributed by atoms with van der Waals surface area (Å²) in [5.41, 5.74) is 5.91. The number of anilines is 1. The molecule has 0 spiro atoms. The SMILES string of the molecule is Nc1ccc(F)c(C(=O)NCCC2CCCCO2)c1. The lowest BCUT2D eigenvalue weighted by Gasteiger charge is -2.22. The van der Waals surface area contributed by atoms with Crippen molar-refractivity contribution in [2.24, 2.45) is 0 Å². The van der Waals surface area contributed by atoms with Crippen molar-refractivity contribution in [3.05, 3.63) is 29.6 Å². The molecule has 2 rings (SSSR count). The molecule has 1 heterocycles. The zero-order valence-corrected chi connectivity index (χ0v) is 10.8. The molecule has 1 fully saturated rings. The van der Waals surface area contributed by atoms with Gasteiger partial charge < -0.3 is 15.8 Å². The molecule has 104 valence electrons. The van der Waals surface area contributed by atoms with Crippen molar-refractivity contribution in [2.75, 3.05) is 18.9 Å². The molecule has 1 atom stereocenters. The number of halogens is 1. The summed E-state index contributed by atoms with van der Waals surface area (Å²) in [7, 11) is 0. The summed E-state index contributed by atoms with van der Waals surface area (Å²) >= 11 is 0. The Morgan fingerprint density at radius 2 is 2.32 bits per heavy atom. The minimum absolute atomic E-state index is 0.00966. The number of rotatable bonds is 4. The van der Waals surface area contributed by atoms with E-state index < -0.39 is 11.7 Å². The van der Waals surface area contributed by atoms with E-state index in [1.807, 2.05) is 0 Å². The highest BCUT2D eigenvalue weighted by Gasteiger charge is 2.15. The van der Waals surface area contributed by atoms with Crippen LogP contribution in [0.4, 0.5) is 10.1 Å². The molecule has 1 unspecified atom stereocenters. The van der Waals surface area contributed by atoms with E-state index in [0.29, 0.717) is 12.2 Å². The number of benzene rings is 1. The number of nitrogens with two attached hydrogens (primary N) is 1. The van der Waals surface area contributed by atoms with Crippen molar-refractivity contribution >= 4 is 11.6 Å². The Balaban J connectivity index is 1.82. The minimum Gasteiger partial charge on any atom is -0.399 e. The normalized spacial score (nSPS) is 19.1. The molecule has 19 heavy (non-hydrogen) atoms. The second-order valence-corrected chi connectivity index (χ2v) is 4.77. The van der Waals surface area contributed by atoms with E-state index in [0.717, 1.165) is 25.9 Å². The minimum atomic E-state index is -0.555. The first kappa shape index (κ1) is 13.8. The average molecular weight is 266 g/mol. The predicted octanol–water partition coefficient (Wildman–Crippen LogP) is 2.10. The summed E-state index contributed by atoms with van der Waals surface area (Å²) < 4.78 is 19.0. The van der Waals surface area contributed by atoms with Crippen LogP contribution in [-0.4, -0.2) is 25.2 Å². The van der Waals surface area contributed by atoms with Gasteiger partial charge in [-0.2, -0.15) is 0 Å². The van der Waals surface area contributed by atoms with Crippen LogP contribution in [0.2, 0.25) is 0 Å². The van der Waals surface area contributed by atoms with E-state index in [9.17, 15) is 9.18 Å². The molecule has 5 heteroatoms. The topological polar surface area (TPSA) is 64.4 Å². The molecule has 1 aromatic carbocycles. The van der Waals surface area contributed by atoms with E-state index in [1.165, 1.54) is 24.6 Å². The maximum Gasteiger partial charge on any atom is 0.254 e. The van der Waals surface area contributed by atoms with E-state index in [1.54, 1.807) is 0 Å². The third kappa shape index (κ3) is 3.92. The van der Waals surface area contributed by atoms with Crippen molar-refractivity contribution in [1.29, 1.82) is 0 Å². The number of amides is 1. The van der Waals surface area contributed by atoms with Gasteiger partial charge in [-0.15, -0.1) is 0 Å². The number of ether oxygens (including phenoxy) is 1. The lowest BCUT2D eigenvalue weighted by molar-refractivity contribution is 0.0117. The zero-order valence-electron chi connectivity index (χ0n) is 10.8. The van der Waals surface area contributed by atoms with Gasteiger partial charge >= 0.3 is 0 Å². The summed E-state index contributed by atoms with van der Waals surface area (Å²) in [5.74, 6) is -0.985. The van der Waals surface area contributed by atoms with Gasteiger partial charge in [-0.25, -0.2) is 4.39 Å². The van der Waals surface area contributed by atoms with Gasteiger partial charge in [-0.05, 0) is 43.9 Å². The van der Waals surface area contributed by atoms with Gasteiger partial charge in [0.2, 0.25) is 0 Å². The summed E-state index contributed by atoms with van der Waals surface area (Å²) in [4.78, 5) is 11.8. The van der Waals surface area contributed by atoms with Crippen LogP contribution in [0.15, 0.2) is 18.2 Å². The number of nitrogens with one attached hydrogen (secondary N) is 1. The van der Waals surface area contributed by atoms with Crippen LogP contribution < -0.4 is 11.1 Å². The molecule has 0 aromatic heterocycles. The van der Waals surface area contributed by atoms with Gasteiger partial charge in [0.25, 0.3) is 5.91 Å². The van der Waals surface area contributed by atoms with Crippen LogP contribution in [0.1, 0.15) is 36.0 Å². The van der Waals surface area contributed by atoms with Gasteiger partial charge in [0.1, 0.15) is 5.82 Å². The second-order valence-electron chi connectivity index (χ2n) is 4.77. The van der Waals surface area contributed by atoms with Crippen LogP contribution in [0, 0.1) is 5.82 Å². The summed E-state index contributed by atoms with van der Waals surface area (Å²) in [5, 5.41) is 2.70. The average Bonchev–Trinajstić information content (AvgIpc) is 2.42. The zero-order chi connectivity index (χ0) is 13.7. The molecule has 1 amide bonds.